The SMILES string of the molecule is Cc1ccn(CCOc2cccc(CNCC(C)C)c2)n1. The lowest BCUT2D eigenvalue weighted by Gasteiger charge is -2.10. The van der Waals surface area contributed by atoms with E-state index in [1.165, 1.54) is 5.56 Å². The number of hydrogen-bond acceptors (Lipinski definition) is 3. The van der Waals surface area contributed by atoms with Crippen molar-refractivity contribution in [2.75, 3.05) is 13.2 Å². The van der Waals surface area contributed by atoms with Gasteiger partial charge in [-0.3, -0.25) is 4.68 Å². The molecular formula is C17H25N3O. The summed E-state index contributed by atoms with van der Waals surface area (Å²) in [5.74, 6) is 1.59. The highest BCUT2D eigenvalue weighted by Crippen LogP contribution is 2.13. The first-order chi connectivity index (χ1) is 10.1. The van der Waals surface area contributed by atoms with Crippen molar-refractivity contribution in [1.29, 1.82) is 0 Å². The van der Waals surface area contributed by atoms with Crippen molar-refractivity contribution in [2.24, 2.45) is 5.92 Å². The summed E-state index contributed by atoms with van der Waals surface area (Å²) in [7, 11) is 0. The van der Waals surface area contributed by atoms with Crippen LogP contribution in [0.25, 0.3) is 0 Å². The van der Waals surface area contributed by atoms with Gasteiger partial charge in [0.1, 0.15) is 12.4 Å². The molecule has 0 atom stereocenters. The summed E-state index contributed by atoms with van der Waals surface area (Å²) < 4.78 is 7.70. The van der Waals surface area contributed by atoms with Gasteiger partial charge in [0.05, 0.1) is 12.2 Å². The lowest BCUT2D eigenvalue weighted by Crippen LogP contribution is -2.18. The van der Waals surface area contributed by atoms with E-state index in [2.05, 4.69) is 36.4 Å². The third-order valence-corrected chi connectivity index (χ3v) is 3.14. The summed E-state index contributed by atoms with van der Waals surface area (Å²) >= 11 is 0. The van der Waals surface area contributed by atoms with Crippen LogP contribution in [-0.2, 0) is 13.1 Å². The summed E-state index contributed by atoms with van der Waals surface area (Å²) in [4.78, 5) is 0. The van der Waals surface area contributed by atoms with Crippen LogP contribution in [0.4, 0.5) is 0 Å². The minimum Gasteiger partial charge on any atom is -0.492 e. The number of nitrogens with one attached hydrogen (secondary N) is 1. The molecule has 0 aliphatic carbocycles. The zero-order chi connectivity index (χ0) is 15.1. The smallest absolute Gasteiger partial charge is 0.119 e. The predicted octanol–water partition coefficient (Wildman–Crippen LogP) is 3.02. The van der Waals surface area contributed by atoms with Crippen molar-refractivity contribution >= 4 is 0 Å². The maximum absolute atomic E-state index is 5.80. The molecule has 0 bridgehead atoms. The molecule has 4 nitrogen and oxygen atoms in total. The van der Waals surface area contributed by atoms with E-state index in [4.69, 9.17) is 4.74 Å². The van der Waals surface area contributed by atoms with Gasteiger partial charge in [-0.2, -0.15) is 5.10 Å². The van der Waals surface area contributed by atoms with Gasteiger partial charge in [-0.1, -0.05) is 26.0 Å². The van der Waals surface area contributed by atoms with Crippen molar-refractivity contribution < 1.29 is 4.74 Å². The van der Waals surface area contributed by atoms with Gasteiger partial charge in [0.25, 0.3) is 0 Å². The zero-order valence-electron chi connectivity index (χ0n) is 13.2. The zero-order valence-corrected chi connectivity index (χ0v) is 13.2. The van der Waals surface area contributed by atoms with E-state index < -0.39 is 0 Å². The standard InChI is InChI=1S/C17H25N3O/c1-14(2)12-18-13-16-5-4-6-17(11-16)21-10-9-20-8-7-15(3)19-20/h4-8,11,14,18H,9-10,12-13H2,1-3H3. The Morgan fingerprint density at radius 1 is 1.29 bits per heavy atom. The summed E-state index contributed by atoms with van der Waals surface area (Å²) in [6.45, 7) is 9.73. The quantitative estimate of drug-likeness (QED) is 0.811. The fraction of sp³-hybridized carbons (Fsp3) is 0.471. The fourth-order valence-electron chi connectivity index (χ4n) is 2.10. The van der Waals surface area contributed by atoms with Crippen molar-refractivity contribution in [3.05, 3.63) is 47.8 Å². The Bertz CT molecular complexity index is 548. The predicted molar refractivity (Wildman–Crippen MR) is 85.4 cm³/mol. The molecule has 1 N–H and O–H groups in total. The molecule has 0 unspecified atom stereocenters. The first-order valence-corrected chi connectivity index (χ1v) is 7.56. The largest absolute Gasteiger partial charge is 0.492 e. The van der Waals surface area contributed by atoms with Crippen molar-refractivity contribution in [3.63, 3.8) is 0 Å². The summed E-state index contributed by atoms with van der Waals surface area (Å²) in [6, 6.07) is 10.3. The molecule has 1 aromatic heterocycles. The van der Waals surface area contributed by atoms with E-state index in [1.807, 2.05) is 36.0 Å². The number of hydrogen-bond donors (Lipinski definition) is 1. The van der Waals surface area contributed by atoms with Crippen LogP contribution in [-0.4, -0.2) is 22.9 Å². The van der Waals surface area contributed by atoms with Gasteiger partial charge in [-0.25, -0.2) is 0 Å². The molecule has 4 heteroatoms. The molecule has 21 heavy (non-hydrogen) atoms. The molecule has 2 aromatic rings. The Kier molecular flexibility index (Phi) is 5.81. The first-order valence-electron chi connectivity index (χ1n) is 7.56. The van der Waals surface area contributed by atoms with Crippen LogP contribution < -0.4 is 10.1 Å². The molecule has 114 valence electrons. The average Bonchev–Trinajstić information content (AvgIpc) is 2.85. The maximum Gasteiger partial charge on any atom is 0.119 e. The molecule has 0 aliphatic heterocycles. The van der Waals surface area contributed by atoms with Gasteiger partial charge in [-0.15, -0.1) is 0 Å². The second-order valence-corrected chi connectivity index (χ2v) is 5.74. The minimum atomic E-state index is 0.629. The fourth-order valence-corrected chi connectivity index (χ4v) is 2.10. The average molecular weight is 287 g/mol. The highest BCUT2D eigenvalue weighted by molar-refractivity contribution is 5.28. The molecule has 0 spiro atoms. The van der Waals surface area contributed by atoms with E-state index in [-0.39, 0.29) is 0 Å². The van der Waals surface area contributed by atoms with Crippen LogP contribution in [0.15, 0.2) is 36.5 Å². The maximum atomic E-state index is 5.80. The van der Waals surface area contributed by atoms with E-state index in [0.717, 1.165) is 31.1 Å². The van der Waals surface area contributed by atoms with Gasteiger partial charge < -0.3 is 10.1 Å². The monoisotopic (exact) mass is 287 g/mol. The van der Waals surface area contributed by atoms with E-state index in [9.17, 15) is 0 Å². The Morgan fingerprint density at radius 3 is 2.86 bits per heavy atom. The molecule has 2 rings (SSSR count). The molecule has 1 heterocycles. The first kappa shape index (κ1) is 15.6. The Morgan fingerprint density at radius 2 is 2.14 bits per heavy atom. The van der Waals surface area contributed by atoms with Crippen molar-refractivity contribution in [3.8, 4) is 5.75 Å². The van der Waals surface area contributed by atoms with E-state index >= 15 is 0 Å². The molecular weight excluding hydrogens is 262 g/mol. The molecule has 0 aliphatic rings. The highest BCUT2D eigenvalue weighted by Gasteiger charge is 1.99. The van der Waals surface area contributed by atoms with Gasteiger partial charge in [0, 0.05) is 12.7 Å². The molecule has 1 aromatic carbocycles. The number of ether oxygens (including phenoxy) is 1. The van der Waals surface area contributed by atoms with Crippen LogP contribution in [0.5, 0.6) is 5.75 Å². The van der Waals surface area contributed by atoms with Gasteiger partial charge in [0.15, 0.2) is 0 Å². The molecule has 0 fully saturated rings. The number of nitrogens with zero attached hydrogens (tertiary/aromatic N) is 2. The van der Waals surface area contributed by atoms with Crippen LogP contribution in [0, 0.1) is 12.8 Å². The van der Waals surface area contributed by atoms with Gasteiger partial charge >= 0.3 is 0 Å². The number of rotatable bonds is 8. The molecule has 0 saturated heterocycles. The van der Waals surface area contributed by atoms with E-state index in [1.54, 1.807) is 0 Å². The lowest BCUT2D eigenvalue weighted by atomic mass is 10.2. The number of benzene rings is 1. The van der Waals surface area contributed by atoms with Crippen molar-refractivity contribution in [1.82, 2.24) is 15.1 Å². The third-order valence-electron chi connectivity index (χ3n) is 3.14. The van der Waals surface area contributed by atoms with Gasteiger partial charge in [-0.05, 0) is 43.1 Å². The normalized spacial score (nSPS) is 11.0. The van der Waals surface area contributed by atoms with Crippen LogP contribution in [0.3, 0.4) is 0 Å². The van der Waals surface area contributed by atoms with Crippen molar-refractivity contribution in [2.45, 2.75) is 33.9 Å². The number of aromatic nitrogens is 2. The highest BCUT2D eigenvalue weighted by atomic mass is 16.5. The topological polar surface area (TPSA) is 39.1 Å². The van der Waals surface area contributed by atoms with Crippen LogP contribution >= 0.6 is 0 Å². The lowest BCUT2D eigenvalue weighted by molar-refractivity contribution is 0.291. The molecule has 0 amide bonds. The number of aryl methyl sites for hydroxylation is 1. The Labute approximate surface area is 127 Å². The van der Waals surface area contributed by atoms with Crippen LogP contribution in [0.1, 0.15) is 25.1 Å². The Hall–Kier alpha value is -1.81. The molecule has 0 radical (unpaired) electrons. The third kappa shape index (κ3) is 5.60. The minimum absolute atomic E-state index is 0.629. The Balaban J connectivity index is 1.77. The van der Waals surface area contributed by atoms with Gasteiger partial charge in [0.2, 0.25) is 0 Å². The van der Waals surface area contributed by atoms with Crippen LogP contribution in [0.2, 0.25) is 0 Å². The summed E-state index contributed by atoms with van der Waals surface area (Å²) in [6.07, 6.45) is 1.98. The second kappa shape index (κ2) is 7.84. The second-order valence-electron chi connectivity index (χ2n) is 5.74. The van der Waals surface area contributed by atoms with E-state index in [0.29, 0.717) is 12.5 Å². The summed E-state index contributed by atoms with van der Waals surface area (Å²) in [5, 5.41) is 7.79. The molecule has 0 saturated carbocycles. The summed E-state index contributed by atoms with van der Waals surface area (Å²) in [5.41, 5.74) is 2.29.